The summed E-state index contributed by atoms with van der Waals surface area (Å²) in [6.45, 7) is 4.33. The van der Waals surface area contributed by atoms with Gasteiger partial charge in [0, 0.05) is 12.5 Å². The standard InChI is InChI=1S/C15H25N3O/c1-2-15(9-6-10-16-11-15)14-17-13(18-19-14)12-7-4-3-5-8-12/h12,16H,2-11H2,1H3. The number of piperidine rings is 1. The van der Waals surface area contributed by atoms with Gasteiger partial charge in [-0.05, 0) is 38.6 Å². The molecule has 2 aliphatic rings. The molecule has 1 saturated carbocycles. The monoisotopic (exact) mass is 263 g/mol. The van der Waals surface area contributed by atoms with Crippen molar-refractivity contribution in [3.8, 4) is 0 Å². The Morgan fingerprint density at radius 2 is 2.11 bits per heavy atom. The van der Waals surface area contributed by atoms with Gasteiger partial charge in [0.25, 0.3) is 0 Å². The van der Waals surface area contributed by atoms with Crippen LogP contribution in [-0.4, -0.2) is 23.2 Å². The molecule has 0 amide bonds. The Morgan fingerprint density at radius 3 is 2.79 bits per heavy atom. The predicted octanol–water partition coefficient (Wildman–Crippen LogP) is 3.15. The fourth-order valence-corrected chi connectivity index (χ4v) is 3.58. The number of aromatic nitrogens is 2. The highest BCUT2D eigenvalue weighted by atomic mass is 16.5. The smallest absolute Gasteiger partial charge is 0.234 e. The zero-order valence-electron chi connectivity index (χ0n) is 12.0. The second-order valence-electron chi connectivity index (χ2n) is 6.21. The minimum Gasteiger partial charge on any atom is -0.339 e. The first-order chi connectivity index (χ1) is 9.34. The van der Waals surface area contributed by atoms with Gasteiger partial charge in [0.05, 0.1) is 5.41 Å². The quantitative estimate of drug-likeness (QED) is 0.910. The number of nitrogens with one attached hydrogen (secondary N) is 1. The number of hydrogen-bond acceptors (Lipinski definition) is 4. The topological polar surface area (TPSA) is 51.0 Å². The van der Waals surface area contributed by atoms with Gasteiger partial charge in [-0.25, -0.2) is 0 Å². The van der Waals surface area contributed by atoms with Crippen LogP contribution in [0.15, 0.2) is 4.52 Å². The van der Waals surface area contributed by atoms with E-state index in [-0.39, 0.29) is 5.41 Å². The van der Waals surface area contributed by atoms with Crippen molar-refractivity contribution in [3.63, 3.8) is 0 Å². The third-order valence-electron chi connectivity index (χ3n) is 5.01. The molecule has 3 rings (SSSR count). The average Bonchev–Trinajstić information content (AvgIpc) is 2.99. The van der Waals surface area contributed by atoms with Crippen LogP contribution in [-0.2, 0) is 5.41 Å². The van der Waals surface area contributed by atoms with E-state index in [4.69, 9.17) is 9.51 Å². The maximum Gasteiger partial charge on any atom is 0.234 e. The molecule has 1 N–H and O–H groups in total. The van der Waals surface area contributed by atoms with E-state index in [2.05, 4.69) is 17.4 Å². The zero-order valence-corrected chi connectivity index (χ0v) is 12.0. The Labute approximate surface area is 115 Å². The normalized spacial score (nSPS) is 29.5. The van der Waals surface area contributed by atoms with E-state index in [0.29, 0.717) is 5.92 Å². The van der Waals surface area contributed by atoms with E-state index in [1.807, 2.05) is 0 Å². The van der Waals surface area contributed by atoms with E-state index in [9.17, 15) is 0 Å². The highest BCUT2D eigenvalue weighted by Gasteiger charge is 2.38. The van der Waals surface area contributed by atoms with Gasteiger partial charge in [-0.3, -0.25) is 0 Å². The molecule has 1 saturated heterocycles. The van der Waals surface area contributed by atoms with Crippen LogP contribution in [0.4, 0.5) is 0 Å². The van der Waals surface area contributed by atoms with Crippen LogP contribution in [0.3, 0.4) is 0 Å². The molecular formula is C15H25N3O. The first-order valence-electron chi connectivity index (χ1n) is 7.89. The molecule has 0 spiro atoms. The summed E-state index contributed by atoms with van der Waals surface area (Å²) in [5.41, 5.74) is 0.0815. The van der Waals surface area contributed by atoms with Crippen LogP contribution in [0.25, 0.3) is 0 Å². The summed E-state index contributed by atoms with van der Waals surface area (Å²) in [5, 5.41) is 7.78. The van der Waals surface area contributed by atoms with Crippen molar-refractivity contribution in [1.82, 2.24) is 15.5 Å². The molecule has 4 nitrogen and oxygen atoms in total. The summed E-state index contributed by atoms with van der Waals surface area (Å²) in [5.74, 6) is 2.38. The van der Waals surface area contributed by atoms with Crippen molar-refractivity contribution in [2.75, 3.05) is 13.1 Å². The second kappa shape index (κ2) is 5.61. The molecule has 1 aliphatic carbocycles. The van der Waals surface area contributed by atoms with Crippen molar-refractivity contribution >= 4 is 0 Å². The lowest BCUT2D eigenvalue weighted by Gasteiger charge is -2.33. The summed E-state index contributed by atoms with van der Waals surface area (Å²) < 4.78 is 5.65. The minimum absolute atomic E-state index is 0.0815. The molecule has 1 atom stereocenters. The minimum atomic E-state index is 0.0815. The first-order valence-corrected chi connectivity index (χ1v) is 7.89. The molecule has 1 aliphatic heterocycles. The largest absolute Gasteiger partial charge is 0.339 e. The van der Waals surface area contributed by atoms with Gasteiger partial charge >= 0.3 is 0 Å². The molecule has 4 heteroatoms. The third-order valence-corrected chi connectivity index (χ3v) is 5.01. The lowest BCUT2D eigenvalue weighted by atomic mass is 9.78. The zero-order chi connectivity index (χ0) is 13.1. The van der Waals surface area contributed by atoms with Crippen molar-refractivity contribution < 1.29 is 4.52 Å². The van der Waals surface area contributed by atoms with Crippen molar-refractivity contribution in [3.05, 3.63) is 11.7 Å². The van der Waals surface area contributed by atoms with Crippen LogP contribution in [0.5, 0.6) is 0 Å². The average molecular weight is 263 g/mol. The van der Waals surface area contributed by atoms with Gasteiger partial charge in [0.2, 0.25) is 5.89 Å². The van der Waals surface area contributed by atoms with Gasteiger partial charge in [0.1, 0.15) is 0 Å². The van der Waals surface area contributed by atoms with Gasteiger partial charge in [-0.2, -0.15) is 4.98 Å². The van der Waals surface area contributed by atoms with Gasteiger partial charge in [-0.1, -0.05) is 31.3 Å². The Hall–Kier alpha value is -0.900. The molecule has 0 aromatic carbocycles. The molecule has 2 fully saturated rings. The number of rotatable bonds is 3. The van der Waals surface area contributed by atoms with Crippen LogP contribution >= 0.6 is 0 Å². The van der Waals surface area contributed by atoms with Gasteiger partial charge in [0.15, 0.2) is 5.82 Å². The summed E-state index contributed by atoms with van der Waals surface area (Å²) in [6.07, 6.45) is 9.91. The maximum absolute atomic E-state index is 5.65. The molecule has 2 heterocycles. The fraction of sp³-hybridized carbons (Fsp3) is 0.867. The summed E-state index contributed by atoms with van der Waals surface area (Å²) >= 11 is 0. The molecule has 1 unspecified atom stereocenters. The van der Waals surface area contributed by atoms with E-state index >= 15 is 0 Å². The van der Waals surface area contributed by atoms with E-state index in [1.54, 1.807) is 0 Å². The molecular weight excluding hydrogens is 238 g/mol. The summed E-state index contributed by atoms with van der Waals surface area (Å²) in [7, 11) is 0. The predicted molar refractivity (Wildman–Crippen MR) is 74.2 cm³/mol. The first kappa shape index (κ1) is 13.1. The van der Waals surface area contributed by atoms with Crippen molar-refractivity contribution in [2.24, 2.45) is 0 Å². The molecule has 106 valence electrons. The van der Waals surface area contributed by atoms with Crippen molar-refractivity contribution in [1.29, 1.82) is 0 Å². The van der Waals surface area contributed by atoms with Crippen LogP contribution in [0, 0.1) is 0 Å². The van der Waals surface area contributed by atoms with Crippen LogP contribution in [0.1, 0.15) is 75.9 Å². The van der Waals surface area contributed by atoms with E-state index < -0.39 is 0 Å². The number of hydrogen-bond donors (Lipinski definition) is 1. The fourth-order valence-electron chi connectivity index (χ4n) is 3.58. The Kier molecular flexibility index (Phi) is 3.87. The summed E-state index contributed by atoms with van der Waals surface area (Å²) in [4.78, 5) is 4.78. The van der Waals surface area contributed by atoms with Crippen molar-refractivity contribution in [2.45, 2.75) is 69.6 Å². The van der Waals surface area contributed by atoms with Crippen LogP contribution in [0.2, 0.25) is 0 Å². The van der Waals surface area contributed by atoms with E-state index in [1.165, 1.54) is 44.9 Å². The molecule has 1 aromatic heterocycles. The third kappa shape index (κ3) is 2.55. The highest BCUT2D eigenvalue weighted by molar-refractivity contribution is 5.09. The summed E-state index contributed by atoms with van der Waals surface area (Å²) in [6, 6.07) is 0. The molecule has 0 radical (unpaired) electrons. The van der Waals surface area contributed by atoms with E-state index in [0.717, 1.165) is 31.2 Å². The van der Waals surface area contributed by atoms with Crippen LogP contribution < -0.4 is 5.32 Å². The second-order valence-corrected chi connectivity index (χ2v) is 6.21. The number of nitrogens with zero attached hydrogens (tertiary/aromatic N) is 2. The molecule has 0 bridgehead atoms. The lowest BCUT2D eigenvalue weighted by molar-refractivity contribution is 0.220. The Morgan fingerprint density at radius 1 is 1.26 bits per heavy atom. The molecule has 19 heavy (non-hydrogen) atoms. The lowest BCUT2D eigenvalue weighted by Crippen LogP contribution is -2.43. The van der Waals surface area contributed by atoms with Gasteiger partial charge < -0.3 is 9.84 Å². The SMILES string of the molecule is CCC1(c2nc(C3CCCCC3)no2)CCCNC1. The maximum atomic E-state index is 5.65. The Balaban J connectivity index is 1.79. The Bertz CT molecular complexity index is 403. The van der Waals surface area contributed by atoms with Gasteiger partial charge in [-0.15, -0.1) is 0 Å². The highest BCUT2D eigenvalue weighted by Crippen LogP contribution is 2.36. The molecule has 1 aromatic rings.